The average molecular weight is 365 g/mol. The third-order valence-electron chi connectivity index (χ3n) is 5.18. The van der Waals surface area contributed by atoms with Crippen molar-refractivity contribution in [3.05, 3.63) is 65.9 Å². The lowest BCUT2D eigenvalue weighted by Gasteiger charge is -2.26. The van der Waals surface area contributed by atoms with Gasteiger partial charge in [0.15, 0.2) is 5.65 Å². The van der Waals surface area contributed by atoms with Gasteiger partial charge < -0.3 is 10.6 Å². The fourth-order valence-electron chi connectivity index (χ4n) is 3.95. The van der Waals surface area contributed by atoms with E-state index in [2.05, 4.69) is 5.10 Å². The molecular formula is C20H17F2N5. The summed E-state index contributed by atoms with van der Waals surface area (Å²) in [6.07, 6.45) is 3.46. The van der Waals surface area contributed by atoms with Gasteiger partial charge in [-0.1, -0.05) is 6.07 Å². The Morgan fingerprint density at radius 1 is 1.11 bits per heavy atom. The predicted octanol–water partition coefficient (Wildman–Crippen LogP) is 4.08. The zero-order valence-electron chi connectivity index (χ0n) is 14.4. The summed E-state index contributed by atoms with van der Waals surface area (Å²) >= 11 is 0. The van der Waals surface area contributed by atoms with Crippen molar-refractivity contribution in [3.63, 3.8) is 0 Å². The van der Waals surface area contributed by atoms with Crippen molar-refractivity contribution in [1.29, 1.82) is 0 Å². The molecule has 1 saturated heterocycles. The molecule has 7 heteroatoms. The first-order valence-corrected chi connectivity index (χ1v) is 8.87. The van der Waals surface area contributed by atoms with E-state index in [9.17, 15) is 8.78 Å². The second-order valence-electron chi connectivity index (χ2n) is 6.81. The number of aromatic nitrogens is 3. The van der Waals surface area contributed by atoms with Gasteiger partial charge in [0.05, 0.1) is 16.9 Å². The molecule has 0 unspecified atom stereocenters. The fourth-order valence-corrected chi connectivity index (χ4v) is 3.95. The van der Waals surface area contributed by atoms with Gasteiger partial charge in [-0.25, -0.2) is 18.3 Å². The van der Waals surface area contributed by atoms with E-state index in [1.54, 1.807) is 4.52 Å². The second-order valence-corrected chi connectivity index (χ2v) is 6.81. The molecule has 136 valence electrons. The molecule has 0 saturated carbocycles. The van der Waals surface area contributed by atoms with E-state index < -0.39 is 11.6 Å². The minimum atomic E-state index is -0.434. The lowest BCUT2D eigenvalue weighted by atomic mass is 10.0. The fraction of sp³-hybridized carbons (Fsp3) is 0.200. The summed E-state index contributed by atoms with van der Waals surface area (Å²) in [7, 11) is 0. The van der Waals surface area contributed by atoms with Gasteiger partial charge >= 0.3 is 0 Å². The molecule has 27 heavy (non-hydrogen) atoms. The Labute approximate surface area is 154 Å². The summed E-state index contributed by atoms with van der Waals surface area (Å²) in [6.45, 7) is 0.728. The monoisotopic (exact) mass is 365 g/mol. The van der Waals surface area contributed by atoms with Crippen molar-refractivity contribution in [2.45, 2.75) is 18.9 Å². The topological polar surface area (TPSA) is 59.4 Å². The highest BCUT2D eigenvalue weighted by Crippen LogP contribution is 2.37. The van der Waals surface area contributed by atoms with Crippen LogP contribution in [-0.2, 0) is 0 Å². The van der Waals surface area contributed by atoms with Gasteiger partial charge in [0, 0.05) is 24.0 Å². The van der Waals surface area contributed by atoms with E-state index in [0.29, 0.717) is 22.7 Å². The Balaban J connectivity index is 1.63. The summed E-state index contributed by atoms with van der Waals surface area (Å²) in [5.41, 5.74) is 8.54. The molecule has 0 spiro atoms. The van der Waals surface area contributed by atoms with E-state index >= 15 is 0 Å². The first kappa shape index (κ1) is 16.0. The third kappa shape index (κ3) is 2.50. The van der Waals surface area contributed by atoms with Crippen LogP contribution in [0.1, 0.15) is 24.4 Å². The molecule has 3 heterocycles. The Kier molecular flexibility index (Phi) is 3.50. The van der Waals surface area contributed by atoms with E-state index in [1.807, 2.05) is 35.4 Å². The van der Waals surface area contributed by atoms with Crippen molar-refractivity contribution in [2.75, 3.05) is 17.2 Å². The van der Waals surface area contributed by atoms with E-state index in [-0.39, 0.29) is 6.04 Å². The summed E-state index contributed by atoms with van der Waals surface area (Å²) in [5, 5.41) is 5.29. The summed E-state index contributed by atoms with van der Waals surface area (Å²) in [4.78, 5) is 6.79. The van der Waals surface area contributed by atoms with Crippen LogP contribution >= 0.6 is 0 Å². The highest BCUT2D eigenvalue weighted by molar-refractivity contribution is 6.01. The van der Waals surface area contributed by atoms with Crippen LogP contribution < -0.4 is 10.6 Å². The van der Waals surface area contributed by atoms with Crippen molar-refractivity contribution in [3.8, 4) is 0 Å². The number of nitrogens with zero attached hydrogens (tertiary/aromatic N) is 4. The van der Waals surface area contributed by atoms with Gasteiger partial charge in [-0.05, 0) is 49.2 Å². The molecule has 4 aromatic rings. The lowest BCUT2D eigenvalue weighted by molar-refractivity contribution is 0.560. The molecule has 0 bridgehead atoms. The van der Waals surface area contributed by atoms with Crippen LogP contribution in [0, 0.1) is 11.6 Å². The molecule has 5 nitrogen and oxygen atoms in total. The normalized spacial score (nSPS) is 17.3. The maximum atomic E-state index is 14.3. The highest BCUT2D eigenvalue weighted by atomic mass is 19.1. The summed E-state index contributed by atoms with van der Waals surface area (Å²) in [5.74, 6) is -0.122. The van der Waals surface area contributed by atoms with Crippen molar-refractivity contribution in [1.82, 2.24) is 14.6 Å². The van der Waals surface area contributed by atoms with Crippen molar-refractivity contribution >= 4 is 28.1 Å². The number of nitrogen functional groups attached to an aromatic ring is 1. The molecule has 1 aliphatic heterocycles. The molecule has 1 atom stereocenters. The summed E-state index contributed by atoms with van der Waals surface area (Å²) in [6, 6.07) is 10.8. The number of hydrogen-bond acceptors (Lipinski definition) is 4. The SMILES string of the molecule is Nc1cccc2nn3ccc(N4CCC[C@@H]4c4cc(F)ccc4F)nc3c12. The Morgan fingerprint density at radius 3 is 2.89 bits per heavy atom. The van der Waals surface area contributed by atoms with E-state index in [0.717, 1.165) is 36.4 Å². The number of anilines is 2. The van der Waals surface area contributed by atoms with Crippen LogP contribution in [0.5, 0.6) is 0 Å². The van der Waals surface area contributed by atoms with Gasteiger partial charge in [0.1, 0.15) is 17.5 Å². The number of hydrogen-bond donors (Lipinski definition) is 1. The zero-order chi connectivity index (χ0) is 18.5. The molecule has 2 aromatic heterocycles. The van der Waals surface area contributed by atoms with Crippen molar-refractivity contribution in [2.24, 2.45) is 0 Å². The standard InChI is InChI=1S/C20H17F2N5/c21-12-6-7-14(22)13(11-12)17-5-2-9-26(17)18-8-10-27-20(24-18)19-15(23)3-1-4-16(19)25-27/h1,3-4,6-8,10-11,17H,2,5,9,23H2/t17-/m1/s1. The summed E-state index contributed by atoms with van der Waals surface area (Å²) < 4.78 is 29.7. The Hall–Kier alpha value is -3.22. The molecule has 0 amide bonds. The molecule has 0 aliphatic carbocycles. The van der Waals surface area contributed by atoms with Crippen LogP contribution in [0.4, 0.5) is 20.3 Å². The van der Waals surface area contributed by atoms with Crippen molar-refractivity contribution < 1.29 is 8.78 Å². The van der Waals surface area contributed by atoms with Gasteiger partial charge in [-0.3, -0.25) is 0 Å². The Morgan fingerprint density at radius 2 is 2.00 bits per heavy atom. The van der Waals surface area contributed by atoms with Crippen LogP contribution in [0.15, 0.2) is 48.7 Å². The number of benzene rings is 2. The first-order valence-electron chi connectivity index (χ1n) is 8.87. The van der Waals surface area contributed by atoms with E-state index in [1.165, 1.54) is 12.1 Å². The molecule has 2 aromatic carbocycles. The molecule has 1 fully saturated rings. The lowest BCUT2D eigenvalue weighted by Crippen LogP contribution is -2.24. The van der Waals surface area contributed by atoms with Crippen LogP contribution in [0.3, 0.4) is 0 Å². The maximum absolute atomic E-state index is 14.3. The van der Waals surface area contributed by atoms with Crippen LogP contribution in [-0.4, -0.2) is 21.1 Å². The molecular weight excluding hydrogens is 348 g/mol. The van der Waals surface area contributed by atoms with Gasteiger partial charge in [-0.2, -0.15) is 5.10 Å². The highest BCUT2D eigenvalue weighted by Gasteiger charge is 2.30. The molecule has 2 N–H and O–H groups in total. The minimum Gasteiger partial charge on any atom is -0.398 e. The number of halogens is 2. The molecule has 0 radical (unpaired) electrons. The smallest absolute Gasteiger partial charge is 0.167 e. The Bertz CT molecular complexity index is 1170. The average Bonchev–Trinajstić information content (AvgIpc) is 3.28. The first-order chi connectivity index (χ1) is 13.1. The largest absolute Gasteiger partial charge is 0.398 e. The second kappa shape index (κ2) is 5.90. The maximum Gasteiger partial charge on any atom is 0.167 e. The molecule has 5 rings (SSSR count). The van der Waals surface area contributed by atoms with Gasteiger partial charge in [0.2, 0.25) is 0 Å². The zero-order valence-corrected chi connectivity index (χ0v) is 14.4. The number of fused-ring (bicyclic) bond motifs is 3. The number of nitrogens with two attached hydrogens (primary N) is 1. The van der Waals surface area contributed by atoms with E-state index in [4.69, 9.17) is 10.7 Å². The molecule has 1 aliphatic rings. The van der Waals surface area contributed by atoms with Gasteiger partial charge in [-0.15, -0.1) is 0 Å². The quantitative estimate of drug-likeness (QED) is 0.544. The number of rotatable bonds is 2. The minimum absolute atomic E-state index is 0.248. The van der Waals surface area contributed by atoms with Crippen LogP contribution in [0.2, 0.25) is 0 Å². The van der Waals surface area contributed by atoms with Gasteiger partial charge in [0.25, 0.3) is 0 Å². The third-order valence-corrected chi connectivity index (χ3v) is 5.18. The predicted molar refractivity (Wildman–Crippen MR) is 101 cm³/mol. The van der Waals surface area contributed by atoms with Crippen LogP contribution in [0.25, 0.3) is 16.6 Å².